The molecule has 22 heavy (non-hydrogen) atoms. The van der Waals surface area contributed by atoms with Crippen molar-refractivity contribution in [2.24, 2.45) is 0 Å². The maximum Gasteiger partial charge on any atom is 0.274 e. The lowest BCUT2D eigenvalue weighted by Gasteiger charge is -2.35. The van der Waals surface area contributed by atoms with Gasteiger partial charge >= 0.3 is 0 Å². The summed E-state index contributed by atoms with van der Waals surface area (Å²) in [6.45, 7) is 4.70. The second kappa shape index (κ2) is 5.97. The predicted octanol–water partition coefficient (Wildman–Crippen LogP) is 0.436. The molecule has 1 fully saturated rings. The third-order valence-corrected chi connectivity index (χ3v) is 3.74. The summed E-state index contributed by atoms with van der Waals surface area (Å²) in [7, 11) is 0. The Labute approximate surface area is 127 Å². The Hall–Kier alpha value is -2.70. The van der Waals surface area contributed by atoms with Crippen molar-refractivity contribution in [3.05, 3.63) is 52.3 Å². The summed E-state index contributed by atoms with van der Waals surface area (Å²) in [5.41, 5.74) is 1.08. The molecule has 3 heterocycles. The van der Waals surface area contributed by atoms with Gasteiger partial charge in [-0.05, 0) is 18.6 Å². The smallest absolute Gasteiger partial charge is 0.274 e. The molecular weight excluding hydrogens is 282 g/mol. The van der Waals surface area contributed by atoms with Crippen molar-refractivity contribution >= 4 is 11.7 Å². The van der Waals surface area contributed by atoms with Crippen LogP contribution in [0.25, 0.3) is 0 Å². The molecule has 0 aromatic carbocycles. The molecule has 1 saturated heterocycles. The predicted molar refractivity (Wildman–Crippen MR) is 81.9 cm³/mol. The molecule has 0 spiro atoms. The highest BCUT2D eigenvalue weighted by Gasteiger charge is 2.24. The first-order chi connectivity index (χ1) is 10.6. The maximum atomic E-state index is 12.3. The highest BCUT2D eigenvalue weighted by atomic mass is 16.2. The first-order valence-electron chi connectivity index (χ1n) is 7.16. The van der Waals surface area contributed by atoms with E-state index >= 15 is 0 Å². The van der Waals surface area contributed by atoms with Crippen molar-refractivity contribution in [2.75, 3.05) is 31.1 Å². The van der Waals surface area contributed by atoms with Crippen molar-refractivity contribution < 1.29 is 4.79 Å². The number of rotatable bonds is 2. The van der Waals surface area contributed by atoms with E-state index in [0.717, 1.165) is 30.7 Å². The maximum absolute atomic E-state index is 12.3. The summed E-state index contributed by atoms with van der Waals surface area (Å²) < 4.78 is 0. The molecule has 0 radical (unpaired) electrons. The molecule has 1 N–H and O–H groups in total. The second-order valence-electron chi connectivity index (χ2n) is 5.22. The summed E-state index contributed by atoms with van der Waals surface area (Å²) in [5.74, 6) is 0.811. The van der Waals surface area contributed by atoms with Gasteiger partial charge in [-0.3, -0.25) is 9.59 Å². The molecule has 0 aliphatic carbocycles. The van der Waals surface area contributed by atoms with Crippen LogP contribution in [-0.2, 0) is 0 Å². The molecule has 7 heteroatoms. The number of anilines is 1. The number of pyridine rings is 1. The molecule has 1 aliphatic heterocycles. The third-order valence-electron chi connectivity index (χ3n) is 3.74. The van der Waals surface area contributed by atoms with E-state index in [4.69, 9.17) is 0 Å². The highest BCUT2D eigenvalue weighted by Crippen LogP contribution is 2.18. The normalized spacial score (nSPS) is 15.0. The molecule has 0 saturated carbocycles. The molecule has 2 aromatic heterocycles. The Kier molecular flexibility index (Phi) is 3.86. The van der Waals surface area contributed by atoms with Gasteiger partial charge in [0, 0.05) is 38.6 Å². The number of hydrogen-bond acceptors (Lipinski definition) is 5. The molecule has 2 aromatic rings. The zero-order chi connectivity index (χ0) is 15.5. The van der Waals surface area contributed by atoms with Gasteiger partial charge in [-0.25, -0.2) is 9.97 Å². The zero-order valence-corrected chi connectivity index (χ0v) is 12.3. The minimum atomic E-state index is -0.313. The van der Waals surface area contributed by atoms with Gasteiger partial charge in [0.05, 0.1) is 6.20 Å². The number of nitrogens with zero attached hydrogens (tertiary/aromatic N) is 4. The fourth-order valence-corrected chi connectivity index (χ4v) is 2.55. The van der Waals surface area contributed by atoms with Gasteiger partial charge in [-0.15, -0.1) is 0 Å². The minimum absolute atomic E-state index is 0.159. The molecule has 3 rings (SSSR count). The number of aromatic amines is 1. The van der Waals surface area contributed by atoms with Crippen LogP contribution in [0.2, 0.25) is 0 Å². The van der Waals surface area contributed by atoms with Gasteiger partial charge in [-0.1, -0.05) is 6.07 Å². The molecular formula is C15H17N5O2. The molecule has 114 valence electrons. The Morgan fingerprint density at radius 2 is 2.00 bits per heavy atom. The van der Waals surface area contributed by atoms with Gasteiger partial charge in [0.2, 0.25) is 0 Å². The van der Waals surface area contributed by atoms with Crippen molar-refractivity contribution in [3.63, 3.8) is 0 Å². The van der Waals surface area contributed by atoms with Crippen LogP contribution in [0.15, 0.2) is 35.5 Å². The van der Waals surface area contributed by atoms with Crippen LogP contribution in [0.5, 0.6) is 0 Å². The lowest BCUT2D eigenvalue weighted by Crippen LogP contribution is -2.49. The van der Waals surface area contributed by atoms with Crippen LogP contribution in [0, 0.1) is 6.92 Å². The highest BCUT2D eigenvalue weighted by molar-refractivity contribution is 5.92. The monoisotopic (exact) mass is 299 g/mol. The number of aromatic nitrogens is 3. The fraction of sp³-hybridized carbons (Fsp3) is 0.333. The van der Waals surface area contributed by atoms with Crippen LogP contribution in [-0.4, -0.2) is 51.9 Å². The average Bonchev–Trinajstić information content (AvgIpc) is 2.56. The van der Waals surface area contributed by atoms with Gasteiger partial charge in [0.1, 0.15) is 11.5 Å². The van der Waals surface area contributed by atoms with E-state index < -0.39 is 0 Å². The summed E-state index contributed by atoms with van der Waals surface area (Å²) >= 11 is 0. The second-order valence-corrected chi connectivity index (χ2v) is 5.22. The van der Waals surface area contributed by atoms with Crippen molar-refractivity contribution in [1.29, 1.82) is 0 Å². The van der Waals surface area contributed by atoms with Crippen molar-refractivity contribution in [2.45, 2.75) is 6.92 Å². The molecule has 1 aliphatic rings. The van der Waals surface area contributed by atoms with Gasteiger partial charge in [-0.2, -0.15) is 0 Å². The number of carbonyl (C=O) groups is 1. The van der Waals surface area contributed by atoms with Crippen LogP contribution in [0.1, 0.15) is 16.1 Å². The van der Waals surface area contributed by atoms with Crippen molar-refractivity contribution in [1.82, 2.24) is 19.9 Å². The van der Waals surface area contributed by atoms with Crippen LogP contribution >= 0.6 is 0 Å². The van der Waals surface area contributed by atoms with Gasteiger partial charge < -0.3 is 14.8 Å². The number of nitrogens with one attached hydrogen (secondary N) is 1. The summed E-state index contributed by atoms with van der Waals surface area (Å²) in [5, 5.41) is 0. The Morgan fingerprint density at radius 1 is 1.23 bits per heavy atom. The summed E-state index contributed by atoms with van der Waals surface area (Å²) in [4.78, 5) is 38.0. The summed E-state index contributed by atoms with van der Waals surface area (Å²) in [6.07, 6.45) is 4.27. The minimum Gasteiger partial charge on any atom is -0.353 e. The van der Waals surface area contributed by atoms with E-state index in [0.29, 0.717) is 13.1 Å². The van der Waals surface area contributed by atoms with Crippen molar-refractivity contribution in [3.8, 4) is 0 Å². The van der Waals surface area contributed by atoms with Crippen LogP contribution < -0.4 is 10.5 Å². The topological polar surface area (TPSA) is 82.2 Å². The Bertz CT molecular complexity index is 714. The fourth-order valence-electron chi connectivity index (χ4n) is 2.55. The van der Waals surface area contributed by atoms with E-state index in [1.807, 2.05) is 19.1 Å². The van der Waals surface area contributed by atoms with Crippen LogP contribution in [0.4, 0.5) is 5.82 Å². The first-order valence-corrected chi connectivity index (χ1v) is 7.16. The SMILES string of the molecule is Cc1cccnc1N1CCN(C(=O)c2c[nH]c(=O)cn2)CC1. The zero-order valence-electron chi connectivity index (χ0n) is 12.3. The number of hydrogen-bond donors (Lipinski definition) is 1. The number of carbonyl (C=O) groups excluding carboxylic acids is 1. The lowest BCUT2D eigenvalue weighted by molar-refractivity contribution is 0.0740. The Balaban J connectivity index is 1.67. The third kappa shape index (κ3) is 2.83. The largest absolute Gasteiger partial charge is 0.353 e. The van der Waals surface area contributed by atoms with E-state index in [2.05, 4.69) is 19.9 Å². The van der Waals surface area contributed by atoms with E-state index in [1.54, 1.807) is 11.1 Å². The number of H-pyrrole nitrogens is 1. The number of amides is 1. The average molecular weight is 299 g/mol. The van der Waals surface area contributed by atoms with Gasteiger partial charge in [0.15, 0.2) is 0 Å². The Morgan fingerprint density at radius 3 is 2.64 bits per heavy atom. The number of aryl methyl sites for hydroxylation is 1. The number of piperazine rings is 1. The van der Waals surface area contributed by atoms with E-state index in [1.165, 1.54) is 6.20 Å². The van der Waals surface area contributed by atoms with E-state index in [9.17, 15) is 9.59 Å². The van der Waals surface area contributed by atoms with Gasteiger partial charge in [0.25, 0.3) is 11.5 Å². The quantitative estimate of drug-likeness (QED) is 0.870. The van der Waals surface area contributed by atoms with E-state index in [-0.39, 0.29) is 17.2 Å². The molecule has 7 nitrogen and oxygen atoms in total. The molecule has 0 atom stereocenters. The lowest BCUT2D eigenvalue weighted by atomic mass is 10.2. The van der Waals surface area contributed by atoms with Crippen LogP contribution in [0.3, 0.4) is 0 Å². The standard InChI is InChI=1S/C15H17N5O2/c1-11-3-2-4-16-14(11)19-5-7-20(8-6-19)15(22)12-9-18-13(21)10-17-12/h2-4,9-10H,5-8H2,1H3,(H,18,21). The molecule has 1 amide bonds. The summed E-state index contributed by atoms with van der Waals surface area (Å²) in [6, 6.07) is 3.95. The molecule has 0 unspecified atom stereocenters. The first kappa shape index (κ1) is 14.2. The molecule has 0 bridgehead atoms.